The van der Waals surface area contributed by atoms with Crippen molar-refractivity contribution in [3.05, 3.63) is 74.7 Å². The van der Waals surface area contributed by atoms with E-state index in [1.54, 1.807) is 17.0 Å². The molecule has 1 aromatic carbocycles. The van der Waals surface area contributed by atoms with Crippen molar-refractivity contribution in [1.82, 2.24) is 9.88 Å². The molecule has 1 N–H and O–H groups in total. The number of benzene rings is 1. The number of H-pyrrole nitrogens is 1. The lowest BCUT2D eigenvalue weighted by molar-refractivity contribution is 0.161. The minimum Gasteiger partial charge on any atom is -0.448 e. The fraction of sp³-hybridized carbons (Fsp3) is 0.333. The first-order chi connectivity index (χ1) is 12.8. The Kier molecular flexibility index (Phi) is 5.42. The topological polar surface area (TPSA) is 62.4 Å². The number of hydrogen-bond donors (Lipinski definition) is 1. The quantitative estimate of drug-likeness (QED) is 0.856. The third-order valence-corrected chi connectivity index (χ3v) is 4.87. The molecule has 142 valence electrons. The molecule has 27 heavy (non-hydrogen) atoms. The summed E-state index contributed by atoms with van der Waals surface area (Å²) in [7, 11) is 0. The maximum absolute atomic E-state index is 12.0. The van der Waals surface area contributed by atoms with Crippen LogP contribution in [-0.2, 0) is 10.2 Å². The highest BCUT2D eigenvalue weighted by Crippen LogP contribution is 2.27. The predicted molar refractivity (Wildman–Crippen MR) is 107 cm³/mol. The number of amides is 1. The number of nitrogens with one attached hydrogen (secondary N) is 1. The van der Waals surface area contributed by atoms with Crippen LogP contribution in [0.1, 0.15) is 37.6 Å². The van der Waals surface area contributed by atoms with Gasteiger partial charge in [-0.15, -0.1) is 0 Å². The molecular weight excluding hydrogens is 364 g/mol. The smallest absolute Gasteiger partial charge is 0.410 e. The van der Waals surface area contributed by atoms with E-state index in [9.17, 15) is 9.59 Å². The zero-order chi connectivity index (χ0) is 19.6. The van der Waals surface area contributed by atoms with Crippen molar-refractivity contribution in [2.24, 2.45) is 0 Å². The molecule has 1 fully saturated rings. The van der Waals surface area contributed by atoms with Crippen LogP contribution in [0.5, 0.6) is 0 Å². The van der Waals surface area contributed by atoms with Gasteiger partial charge in [-0.05, 0) is 28.7 Å². The summed E-state index contributed by atoms with van der Waals surface area (Å²) >= 11 is 5.87. The van der Waals surface area contributed by atoms with Crippen LogP contribution in [0.25, 0.3) is 5.57 Å². The lowest BCUT2D eigenvalue weighted by Crippen LogP contribution is -2.24. The molecule has 1 aromatic heterocycles. The fourth-order valence-corrected chi connectivity index (χ4v) is 3.05. The summed E-state index contributed by atoms with van der Waals surface area (Å²) in [6, 6.07) is 11.6. The standard InChI is InChI=1S/C21H23ClN2O3/c1-21(2,3)15-6-4-14(5-7-15)16(10-11-24-12-13-27-20(24)26)18-9-8-17(22)19(25)23-18/h4-10H,11-13H2,1-3H3,(H,23,25)/b16-10-. The van der Waals surface area contributed by atoms with Gasteiger partial charge in [0.25, 0.3) is 5.56 Å². The Morgan fingerprint density at radius 2 is 1.89 bits per heavy atom. The van der Waals surface area contributed by atoms with Gasteiger partial charge in [0.1, 0.15) is 11.6 Å². The van der Waals surface area contributed by atoms with Crippen molar-refractivity contribution in [3.63, 3.8) is 0 Å². The van der Waals surface area contributed by atoms with Crippen LogP contribution in [0.2, 0.25) is 5.02 Å². The molecule has 5 nitrogen and oxygen atoms in total. The Hall–Kier alpha value is -2.53. The summed E-state index contributed by atoms with van der Waals surface area (Å²) in [6.45, 7) is 7.85. The Balaban J connectivity index is 1.99. The maximum atomic E-state index is 12.0. The van der Waals surface area contributed by atoms with Crippen LogP contribution in [0.3, 0.4) is 0 Å². The number of cyclic esters (lactones) is 1. The van der Waals surface area contributed by atoms with E-state index < -0.39 is 0 Å². The zero-order valence-corrected chi connectivity index (χ0v) is 16.5. The van der Waals surface area contributed by atoms with Gasteiger partial charge in [0, 0.05) is 17.8 Å². The molecule has 1 aliphatic heterocycles. The van der Waals surface area contributed by atoms with E-state index in [-0.39, 0.29) is 22.1 Å². The largest absolute Gasteiger partial charge is 0.448 e. The molecule has 1 saturated heterocycles. The lowest BCUT2D eigenvalue weighted by atomic mass is 9.86. The second-order valence-electron chi connectivity index (χ2n) is 7.55. The monoisotopic (exact) mass is 386 g/mol. The van der Waals surface area contributed by atoms with E-state index in [0.717, 1.165) is 11.1 Å². The van der Waals surface area contributed by atoms with Crippen LogP contribution in [0, 0.1) is 0 Å². The minimum atomic E-state index is -0.341. The average molecular weight is 387 g/mol. The number of nitrogens with zero attached hydrogens (tertiary/aromatic N) is 1. The summed E-state index contributed by atoms with van der Waals surface area (Å²) in [6.07, 6.45) is 1.61. The van der Waals surface area contributed by atoms with E-state index in [0.29, 0.717) is 25.4 Å². The minimum absolute atomic E-state index is 0.0519. The first-order valence-electron chi connectivity index (χ1n) is 8.88. The summed E-state index contributed by atoms with van der Waals surface area (Å²) in [5.41, 5.74) is 3.37. The van der Waals surface area contributed by atoms with Gasteiger partial charge >= 0.3 is 6.09 Å². The summed E-state index contributed by atoms with van der Waals surface area (Å²) < 4.78 is 4.98. The van der Waals surface area contributed by atoms with E-state index >= 15 is 0 Å². The van der Waals surface area contributed by atoms with Crippen LogP contribution >= 0.6 is 11.6 Å². The van der Waals surface area contributed by atoms with Gasteiger partial charge in [-0.25, -0.2) is 4.79 Å². The Morgan fingerprint density at radius 1 is 1.19 bits per heavy atom. The molecule has 0 saturated carbocycles. The number of aromatic nitrogens is 1. The number of ether oxygens (including phenoxy) is 1. The predicted octanol–water partition coefficient (Wildman–Crippen LogP) is 4.21. The number of carbonyl (C=O) groups excluding carboxylic acids is 1. The molecular formula is C21H23ClN2O3. The zero-order valence-electron chi connectivity index (χ0n) is 15.7. The number of rotatable bonds is 4. The molecule has 1 aliphatic rings. The molecule has 3 rings (SSSR count). The molecule has 0 radical (unpaired) electrons. The number of hydrogen-bond acceptors (Lipinski definition) is 3. The van der Waals surface area contributed by atoms with Crippen molar-refractivity contribution >= 4 is 23.3 Å². The molecule has 1 amide bonds. The number of carbonyl (C=O) groups is 1. The normalized spacial score (nSPS) is 15.2. The van der Waals surface area contributed by atoms with Crippen LogP contribution in [0.15, 0.2) is 47.3 Å². The molecule has 0 unspecified atom stereocenters. The lowest BCUT2D eigenvalue weighted by Gasteiger charge is -2.20. The molecule has 6 heteroatoms. The number of pyridine rings is 1. The maximum Gasteiger partial charge on any atom is 0.410 e. The highest BCUT2D eigenvalue weighted by molar-refractivity contribution is 6.30. The van der Waals surface area contributed by atoms with Crippen molar-refractivity contribution in [3.8, 4) is 0 Å². The van der Waals surface area contributed by atoms with E-state index in [4.69, 9.17) is 16.3 Å². The Morgan fingerprint density at radius 3 is 2.44 bits per heavy atom. The summed E-state index contributed by atoms with van der Waals surface area (Å²) in [4.78, 5) is 28.1. The van der Waals surface area contributed by atoms with Gasteiger partial charge in [-0.1, -0.05) is 62.7 Å². The molecule has 2 heterocycles. The first-order valence-corrected chi connectivity index (χ1v) is 9.25. The third-order valence-electron chi connectivity index (χ3n) is 4.57. The molecule has 2 aromatic rings. The highest BCUT2D eigenvalue weighted by Gasteiger charge is 2.21. The van der Waals surface area contributed by atoms with E-state index in [2.05, 4.69) is 37.9 Å². The Labute approximate surface area is 163 Å². The van der Waals surface area contributed by atoms with Crippen molar-refractivity contribution < 1.29 is 9.53 Å². The van der Waals surface area contributed by atoms with Crippen molar-refractivity contribution in [2.75, 3.05) is 19.7 Å². The van der Waals surface area contributed by atoms with Crippen molar-refractivity contribution in [2.45, 2.75) is 26.2 Å². The second-order valence-corrected chi connectivity index (χ2v) is 7.96. The molecule has 0 atom stereocenters. The first kappa shape index (κ1) is 19.2. The van der Waals surface area contributed by atoms with Gasteiger partial charge in [0.2, 0.25) is 0 Å². The third kappa shape index (κ3) is 4.42. The van der Waals surface area contributed by atoms with Crippen LogP contribution in [0.4, 0.5) is 4.79 Å². The van der Waals surface area contributed by atoms with Gasteiger partial charge in [-0.3, -0.25) is 4.79 Å². The molecule has 0 aliphatic carbocycles. The van der Waals surface area contributed by atoms with Crippen LogP contribution in [-0.4, -0.2) is 35.7 Å². The van der Waals surface area contributed by atoms with E-state index in [1.165, 1.54) is 5.56 Å². The number of aromatic amines is 1. The molecule has 0 spiro atoms. The SMILES string of the molecule is CC(C)(C)c1ccc(/C(=C/CN2CCOC2=O)c2ccc(Cl)c(=O)[nH]2)cc1. The van der Waals surface area contributed by atoms with E-state index in [1.807, 2.05) is 18.2 Å². The summed E-state index contributed by atoms with van der Waals surface area (Å²) in [5, 5.41) is 0.143. The van der Waals surface area contributed by atoms with Gasteiger partial charge < -0.3 is 14.6 Å². The summed E-state index contributed by atoms with van der Waals surface area (Å²) in [5.74, 6) is 0. The second kappa shape index (κ2) is 7.61. The van der Waals surface area contributed by atoms with Gasteiger partial charge in [-0.2, -0.15) is 0 Å². The number of halogens is 1. The average Bonchev–Trinajstić information content (AvgIpc) is 3.03. The van der Waals surface area contributed by atoms with Crippen molar-refractivity contribution in [1.29, 1.82) is 0 Å². The Bertz CT molecular complexity index is 924. The van der Waals surface area contributed by atoms with Gasteiger partial charge in [0.05, 0.1) is 6.54 Å². The van der Waals surface area contributed by atoms with Crippen LogP contribution < -0.4 is 5.56 Å². The van der Waals surface area contributed by atoms with Gasteiger partial charge in [0.15, 0.2) is 0 Å². The highest BCUT2D eigenvalue weighted by atomic mass is 35.5. The molecule has 0 bridgehead atoms. The fourth-order valence-electron chi connectivity index (χ4n) is 2.94.